The van der Waals surface area contributed by atoms with E-state index in [0.717, 1.165) is 12.8 Å². The van der Waals surface area contributed by atoms with Crippen molar-refractivity contribution in [2.45, 2.75) is 64.9 Å². The van der Waals surface area contributed by atoms with Crippen LogP contribution in [0.25, 0.3) is 0 Å². The van der Waals surface area contributed by atoms with Crippen molar-refractivity contribution in [1.29, 1.82) is 0 Å². The topological polar surface area (TPSA) is 64.6 Å². The number of rotatable bonds is 6. The summed E-state index contributed by atoms with van der Waals surface area (Å²) in [5.74, 6) is -0.203. The SMILES string of the molecule is C=CC[C@@H]1O[C@H](C)[C@H](NC(=O)/C=C/[C@H](C)OC(C)=O)C[C@@H]1C. The van der Waals surface area contributed by atoms with Gasteiger partial charge in [0.15, 0.2) is 0 Å². The number of amides is 1. The third-order valence-electron chi connectivity index (χ3n) is 3.81. The maximum atomic E-state index is 12.0. The van der Waals surface area contributed by atoms with Gasteiger partial charge in [0.2, 0.25) is 5.91 Å². The number of carbonyl (C=O) groups excluding carboxylic acids is 2. The standard InChI is InChI=1S/C17H27NO4/c1-6-7-16-11(2)10-15(13(4)22-16)18-17(20)9-8-12(3)21-14(5)19/h6,8-9,11-13,15-16H,1,7,10H2,2-5H3,(H,18,20)/b9-8+/t11-,12-,13+,15+,16-/m0/s1. The maximum Gasteiger partial charge on any atom is 0.303 e. The van der Waals surface area contributed by atoms with Gasteiger partial charge in [-0.2, -0.15) is 0 Å². The molecular weight excluding hydrogens is 282 g/mol. The molecule has 0 bridgehead atoms. The van der Waals surface area contributed by atoms with Crippen LogP contribution in [0.5, 0.6) is 0 Å². The molecule has 0 radical (unpaired) electrons. The average molecular weight is 309 g/mol. The van der Waals surface area contributed by atoms with Crippen LogP contribution < -0.4 is 5.32 Å². The van der Waals surface area contributed by atoms with E-state index in [1.807, 2.05) is 13.0 Å². The van der Waals surface area contributed by atoms with Gasteiger partial charge in [0.1, 0.15) is 6.10 Å². The molecule has 0 saturated carbocycles. The monoisotopic (exact) mass is 309 g/mol. The van der Waals surface area contributed by atoms with Crippen molar-refractivity contribution in [2.75, 3.05) is 0 Å². The van der Waals surface area contributed by atoms with E-state index >= 15 is 0 Å². The van der Waals surface area contributed by atoms with Crippen LogP contribution in [0.3, 0.4) is 0 Å². The third-order valence-corrected chi connectivity index (χ3v) is 3.81. The molecule has 1 aliphatic rings. The lowest BCUT2D eigenvalue weighted by molar-refractivity contribution is -0.143. The van der Waals surface area contributed by atoms with Gasteiger partial charge >= 0.3 is 5.97 Å². The molecule has 1 N–H and O–H groups in total. The quantitative estimate of drug-likeness (QED) is 0.465. The number of ether oxygens (including phenoxy) is 2. The molecular formula is C17H27NO4. The van der Waals surface area contributed by atoms with E-state index in [1.54, 1.807) is 13.0 Å². The molecule has 0 unspecified atom stereocenters. The molecule has 1 amide bonds. The molecule has 1 aliphatic heterocycles. The summed E-state index contributed by atoms with van der Waals surface area (Å²) in [6, 6.07) is -0.0164. The van der Waals surface area contributed by atoms with Crippen molar-refractivity contribution in [2.24, 2.45) is 5.92 Å². The Labute approximate surface area is 132 Å². The highest BCUT2D eigenvalue weighted by atomic mass is 16.5. The van der Waals surface area contributed by atoms with Crippen molar-refractivity contribution in [3.63, 3.8) is 0 Å². The van der Waals surface area contributed by atoms with Crippen LogP contribution in [0.2, 0.25) is 0 Å². The summed E-state index contributed by atoms with van der Waals surface area (Å²) in [5.41, 5.74) is 0. The average Bonchev–Trinajstić information content (AvgIpc) is 2.41. The zero-order valence-electron chi connectivity index (χ0n) is 13.9. The first-order chi connectivity index (χ1) is 10.3. The Bertz CT molecular complexity index is 432. The van der Waals surface area contributed by atoms with Gasteiger partial charge in [0.25, 0.3) is 0 Å². The fourth-order valence-corrected chi connectivity index (χ4v) is 2.63. The Morgan fingerprint density at radius 3 is 2.73 bits per heavy atom. The van der Waals surface area contributed by atoms with Crippen LogP contribution in [0, 0.1) is 5.92 Å². The van der Waals surface area contributed by atoms with Gasteiger partial charge in [-0.15, -0.1) is 6.58 Å². The lowest BCUT2D eigenvalue weighted by Gasteiger charge is -2.39. The van der Waals surface area contributed by atoms with Crippen LogP contribution in [-0.4, -0.2) is 36.2 Å². The number of hydrogen-bond donors (Lipinski definition) is 1. The molecule has 0 spiro atoms. The number of nitrogens with one attached hydrogen (secondary N) is 1. The number of esters is 1. The predicted octanol–water partition coefficient (Wildman–Crippen LogP) is 2.37. The second-order valence-corrected chi connectivity index (χ2v) is 5.91. The van der Waals surface area contributed by atoms with Crippen LogP contribution in [0.4, 0.5) is 0 Å². The van der Waals surface area contributed by atoms with Crippen LogP contribution >= 0.6 is 0 Å². The molecule has 1 fully saturated rings. The largest absolute Gasteiger partial charge is 0.459 e. The summed E-state index contributed by atoms with van der Waals surface area (Å²) in [7, 11) is 0. The van der Waals surface area contributed by atoms with Gasteiger partial charge in [0.05, 0.1) is 18.2 Å². The van der Waals surface area contributed by atoms with Crippen LogP contribution in [0.15, 0.2) is 24.8 Å². The minimum absolute atomic E-state index is 0.0164. The lowest BCUT2D eigenvalue weighted by atomic mass is 9.88. The first kappa shape index (κ1) is 18.4. The zero-order valence-corrected chi connectivity index (χ0v) is 13.9. The van der Waals surface area contributed by atoms with Crippen molar-refractivity contribution >= 4 is 11.9 Å². The molecule has 5 nitrogen and oxygen atoms in total. The Hall–Kier alpha value is -1.62. The number of carbonyl (C=O) groups is 2. The molecule has 0 aliphatic carbocycles. The Kier molecular flexibility index (Phi) is 7.32. The molecule has 1 heterocycles. The van der Waals surface area contributed by atoms with Crippen molar-refractivity contribution in [3.8, 4) is 0 Å². The predicted molar refractivity (Wildman–Crippen MR) is 85.2 cm³/mol. The van der Waals surface area contributed by atoms with Crippen molar-refractivity contribution in [1.82, 2.24) is 5.32 Å². The minimum Gasteiger partial charge on any atom is -0.459 e. The third kappa shape index (κ3) is 6.02. The highest BCUT2D eigenvalue weighted by molar-refractivity contribution is 5.87. The molecule has 0 aromatic heterocycles. The minimum atomic E-state index is -0.417. The molecule has 1 rings (SSSR count). The Morgan fingerprint density at radius 2 is 2.14 bits per heavy atom. The smallest absolute Gasteiger partial charge is 0.303 e. The second kappa shape index (κ2) is 8.73. The Morgan fingerprint density at radius 1 is 1.45 bits per heavy atom. The van der Waals surface area contributed by atoms with Gasteiger partial charge in [0, 0.05) is 13.0 Å². The molecule has 124 valence electrons. The summed E-state index contributed by atoms with van der Waals surface area (Å²) in [6.45, 7) is 10.9. The first-order valence-electron chi connectivity index (χ1n) is 7.75. The van der Waals surface area contributed by atoms with Crippen LogP contribution in [-0.2, 0) is 19.1 Å². The highest BCUT2D eigenvalue weighted by Gasteiger charge is 2.33. The fraction of sp³-hybridized carbons (Fsp3) is 0.647. The van der Waals surface area contributed by atoms with E-state index in [4.69, 9.17) is 9.47 Å². The fourth-order valence-electron chi connectivity index (χ4n) is 2.63. The van der Waals surface area contributed by atoms with E-state index in [1.165, 1.54) is 13.0 Å². The Balaban J connectivity index is 2.49. The number of hydrogen-bond acceptors (Lipinski definition) is 4. The lowest BCUT2D eigenvalue weighted by Crippen LogP contribution is -2.50. The summed E-state index contributed by atoms with van der Waals surface area (Å²) in [4.78, 5) is 22.7. The van der Waals surface area contributed by atoms with Gasteiger partial charge in [-0.3, -0.25) is 9.59 Å². The normalized spacial score (nSPS) is 29.8. The van der Waals surface area contributed by atoms with Gasteiger partial charge in [-0.05, 0) is 38.7 Å². The first-order valence-corrected chi connectivity index (χ1v) is 7.75. The van der Waals surface area contributed by atoms with E-state index in [2.05, 4.69) is 18.8 Å². The maximum absolute atomic E-state index is 12.0. The van der Waals surface area contributed by atoms with Crippen LogP contribution in [0.1, 0.15) is 40.5 Å². The second-order valence-electron chi connectivity index (χ2n) is 5.91. The molecule has 0 aromatic rings. The highest BCUT2D eigenvalue weighted by Crippen LogP contribution is 2.27. The van der Waals surface area contributed by atoms with E-state index in [-0.39, 0.29) is 30.1 Å². The summed E-state index contributed by atoms with van der Waals surface area (Å²) in [6.07, 6.45) is 6.25. The van der Waals surface area contributed by atoms with Crippen molar-refractivity contribution in [3.05, 3.63) is 24.8 Å². The van der Waals surface area contributed by atoms with E-state index < -0.39 is 6.10 Å². The summed E-state index contributed by atoms with van der Waals surface area (Å²) >= 11 is 0. The van der Waals surface area contributed by atoms with Gasteiger partial charge < -0.3 is 14.8 Å². The van der Waals surface area contributed by atoms with Gasteiger partial charge in [-0.25, -0.2) is 0 Å². The molecule has 1 saturated heterocycles. The van der Waals surface area contributed by atoms with Crippen molar-refractivity contribution < 1.29 is 19.1 Å². The van der Waals surface area contributed by atoms with E-state index in [0.29, 0.717) is 5.92 Å². The van der Waals surface area contributed by atoms with E-state index in [9.17, 15) is 9.59 Å². The molecule has 22 heavy (non-hydrogen) atoms. The van der Waals surface area contributed by atoms with Gasteiger partial charge in [-0.1, -0.05) is 13.0 Å². The summed E-state index contributed by atoms with van der Waals surface area (Å²) in [5, 5.41) is 2.95. The molecule has 5 heteroatoms. The molecule has 0 aromatic carbocycles. The molecule has 5 atom stereocenters. The zero-order chi connectivity index (χ0) is 16.7. The summed E-state index contributed by atoms with van der Waals surface area (Å²) < 4.78 is 10.9.